The number of rotatable bonds is 18. The Bertz CT molecular complexity index is 1590. The van der Waals surface area contributed by atoms with Crippen molar-refractivity contribution < 1.29 is 37.3 Å². The molecule has 0 atom stereocenters. The molecule has 1 aliphatic rings. The predicted octanol–water partition coefficient (Wildman–Crippen LogP) is 6.37. The van der Waals surface area contributed by atoms with Crippen LogP contribution in [0.15, 0.2) is 30.7 Å². The molecule has 15 heteroatoms. The number of hydrogen-bond donors (Lipinski definition) is 2. The lowest BCUT2D eigenvalue weighted by Gasteiger charge is -2.25. The van der Waals surface area contributed by atoms with Crippen molar-refractivity contribution in [2.75, 3.05) is 31.5 Å². The van der Waals surface area contributed by atoms with E-state index in [4.69, 9.17) is 18.3 Å². The molecule has 14 nitrogen and oxygen atoms in total. The Labute approximate surface area is 275 Å². The molecule has 0 radical (unpaired) electrons. The zero-order valence-corrected chi connectivity index (χ0v) is 28.6. The van der Waals surface area contributed by atoms with Gasteiger partial charge in [-0.3, -0.25) is 18.6 Å². The maximum atomic E-state index is 14.0. The van der Waals surface area contributed by atoms with Gasteiger partial charge in [0.25, 0.3) is 11.8 Å². The number of hydrogen-bond acceptors (Lipinski definition) is 10. The molecule has 2 N–H and O–H groups in total. The van der Waals surface area contributed by atoms with E-state index < -0.39 is 20.7 Å². The van der Waals surface area contributed by atoms with Gasteiger partial charge >= 0.3 is 13.9 Å². The molecule has 0 unspecified atom stereocenters. The molecule has 4 rings (SSSR count). The topological polar surface area (TPSA) is 163 Å². The third-order valence-corrected chi connectivity index (χ3v) is 8.91. The van der Waals surface area contributed by atoms with Gasteiger partial charge in [-0.15, -0.1) is 0 Å². The Kier molecular flexibility index (Phi) is 12.9. The van der Waals surface area contributed by atoms with E-state index in [1.165, 1.54) is 15.7 Å². The molecular formula is C32H45N6O8P. The molecule has 1 fully saturated rings. The highest BCUT2D eigenvalue weighted by atomic mass is 31.2. The molecule has 3 amide bonds. The molecule has 0 saturated heterocycles. The van der Waals surface area contributed by atoms with E-state index in [1.807, 2.05) is 20.8 Å². The van der Waals surface area contributed by atoms with Crippen LogP contribution in [-0.2, 0) is 22.9 Å². The van der Waals surface area contributed by atoms with Gasteiger partial charge in [0.1, 0.15) is 11.8 Å². The summed E-state index contributed by atoms with van der Waals surface area (Å²) in [5.41, 5.74) is 2.53. The number of unbranched alkanes of at least 4 members (excludes halogenated alkanes) is 2. The molecule has 1 aliphatic carbocycles. The summed E-state index contributed by atoms with van der Waals surface area (Å²) in [7, 11) is -4.03. The monoisotopic (exact) mass is 672 g/mol. The Morgan fingerprint density at radius 1 is 1.00 bits per heavy atom. The first kappa shape index (κ1) is 36.0. The van der Waals surface area contributed by atoms with E-state index in [-0.39, 0.29) is 36.9 Å². The minimum Gasteiger partial charge on any atom is -0.421 e. The number of aryl methyl sites for hydroxylation is 2. The van der Waals surface area contributed by atoms with Crippen molar-refractivity contribution >= 4 is 42.8 Å². The van der Waals surface area contributed by atoms with Crippen LogP contribution in [0.3, 0.4) is 0 Å². The maximum Gasteiger partial charge on any atom is 0.477 e. The van der Waals surface area contributed by atoms with Crippen molar-refractivity contribution in [2.24, 2.45) is 0 Å². The van der Waals surface area contributed by atoms with Crippen LogP contribution >= 0.6 is 7.82 Å². The summed E-state index contributed by atoms with van der Waals surface area (Å²) in [6.45, 7) is 9.43. The average Bonchev–Trinajstić information content (AvgIpc) is 3.80. The highest BCUT2D eigenvalue weighted by molar-refractivity contribution is 7.48. The quantitative estimate of drug-likeness (QED) is 0.0882. The van der Waals surface area contributed by atoms with Crippen molar-refractivity contribution in [3.05, 3.63) is 53.0 Å². The zero-order valence-electron chi connectivity index (χ0n) is 27.7. The van der Waals surface area contributed by atoms with E-state index in [2.05, 4.69) is 20.7 Å². The standard InChI is InChI=1S/C32H45N6O8P/c1-6-9-16-44-47(42,45-17-10-7-2)46-21-43-32(41)38(27-18-24(12-11-22(27)4)30(39)36-25-13-14-25)29-28-23(5)26(31(40)33-15-8-3)19-37(28)35-20-34-29/h11-12,18-20,25H,6-10,13-17,21H2,1-5H3,(H,33,40)(H,36,39). The third kappa shape index (κ3) is 9.38. The number of nitrogens with zero attached hydrogens (tertiary/aromatic N) is 4. The first-order chi connectivity index (χ1) is 22.6. The van der Waals surface area contributed by atoms with Crippen LogP contribution in [0.1, 0.15) is 97.6 Å². The number of carbonyl (C=O) groups excluding carboxylic acids is 3. The van der Waals surface area contributed by atoms with Crippen molar-refractivity contribution in [1.82, 2.24) is 25.2 Å². The van der Waals surface area contributed by atoms with Crippen molar-refractivity contribution in [3.8, 4) is 0 Å². The normalized spacial score (nSPS) is 13.0. The van der Waals surface area contributed by atoms with Gasteiger partial charge in [-0.05, 0) is 69.2 Å². The Balaban J connectivity index is 1.71. The van der Waals surface area contributed by atoms with Gasteiger partial charge in [0.15, 0.2) is 5.82 Å². The summed E-state index contributed by atoms with van der Waals surface area (Å²) in [5.74, 6) is -0.469. The number of ether oxygens (including phenoxy) is 1. The lowest BCUT2D eigenvalue weighted by atomic mass is 10.1. The number of nitrogens with one attached hydrogen (secondary N) is 2. The minimum atomic E-state index is -4.03. The van der Waals surface area contributed by atoms with Crippen LogP contribution in [-0.4, -0.2) is 65.1 Å². The summed E-state index contributed by atoms with van der Waals surface area (Å²) in [6, 6.07) is 5.10. The number of fused-ring (bicyclic) bond motifs is 1. The fourth-order valence-electron chi connectivity index (χ4n) is 4.61. The van der Waals surface area contributed by atoms with Crippen LogP contribution in [0.5, 0.6) is 0 Å². The molecular weight excluding hydrogens is 627 g/mol. The van der Waals surface area contributed by atoms with Gasteiger partial charge in [-0.1, -0.05) is 39.7 Å². The summed E-state index contributed by atoms with van der Waals surface area (Å²) in [5, 5.41) is 10.1. The van der Waals surface area contributed by atoms with Gasteiger partial charge in [0.05, 0.1) is 24.5 Å². The number of phosphoric ester groups is 1. The maximum absolute atomic E-state index is 14.0. The molecule has 2 heterocycles. The summed E-state index contributed by atoms with van der Waals surface area (Å²) < 4.78 is 36.6. The molecule has 0 aliphatic heterocycles. The average molecular weight is 673 g/mol. The van der Waals surface area contributed by atoms with E-state index in [0.29, 0.717) is 52.8 Å². The Morgan fingerprint density at radius 3 is 2.34 bits per heavy atom. The Morgan fingerprint density at radius 2 is 1.70 bits per heavy atom. The number of phosphoric acid groups is 1. The number of aromatic nitrogens is 3. The smallest absolute Gasteiger partial charge is 0.421 e. The van der Waals surface area contributed by atoms with Crippen LogP contribution in [0, 0.1) is 13.8 Å². The lowest BCUT2D eigenvalue weighted by Crippen LogP contribution is -2.30. The first-order valence-corrected chi connectivity index (χ1v) is 17.6. The third-order valence-electron chi connectivity index (χ3n) is 7.49. The van der Waals surface area contributed by atoms with Gasteiger partial charge in [-0.25, -0.2) is 28.3 Å². The number of carbonyl (C=O) groups is 3. The molecule has 256 valence electrons. The lowest BCUT2D eigenvalue weighted by molar-refractivity contribution is 0.0240. The fraction of sp³-hybridized carbons (Fsp3) is 0.531. The van der Waals surface area contributed by atoms with Gasteiger partial charge in [0.2, 0.25) is 6.79 Å². The van der Waals surface area contributed by atoms with Crippen LogP contribution < -0.4 is 15.5 Å². The molecule has 2 aromatic heterocycles. The number of anilines is 2. The molecule has 0 bridgehead atoms. The molecule has 3 aromatic rings. The van der Waals surface area contributed by atoms with E-state index >= 15 is 0 Å². The van der Waals surface area contributed by atoms with Crippen LogP contribution in [0.2, 0.25) is 0 Å². The largest absolute Gasteiger partial charge is 0.477 e. The predicted molar refractivity (Wildman–Crippen MR) is 176 cm³/mol. The fourth-order valence-corrected chi connectivity index (χ4v) is 5.72. The number of benzene rings is 1. The van der Waals surface area contributed by atoms with Gasteiger partial charge in [0, 0.05) is 24.3 Å². The van der Waals surface area contributed by atoms with Gasteiger partial charge in [-0.2, -0.15) is 5.10 Å². The second kappa shape index (κ2) is 16.8. The van der Waals surface area contributed by atoms with Crippen molar-refractivity contribution in [1.29, 1.82) is 0 Å². The Hall–Kier alpha value is -3.84. The molecule has 0 spiro atoms. The summed E-state index contributed by atoms with van der Waals surface area (Å²) in [4.78, 5) is 45.6. The molecule has 1 saturated carbocycles. The summed E-state index contributed by atoms with van der Waals surface area (Å²) >= 11 is 0. The number of amides is 3. The van der Waals surface area contributed by atoms with Crippen LogP contribution in [0.25, 0.3) is 5.52 Å². The second-order valence-electron chi connectivity index (χ2n) is 11.4. The van der Waals surface area contributed by atoms with Crippen molar-refractivity contribution in [3.63, 3.8) is 0 Å². The summed E-state index contributed by atoms with van der Waals surface area (Å²) in [6.07, 6.45) is 7.36. The zero-order chi connectivity index (χ0) is 34.0. The van der Waals surface area contributed by atoms with Crippen molar-refractivity contribution in [2.45, 2.75) is 85.6 Å². The highest BCUT2D eigenvalue weighted by Gasteiger charge is 2.32. The SMILES string of the molecule is CCCCOP(=O)(OCCCC)OCOC(=O)N(c1cc(C(=O)NC2CC2)ccc1C)c1ncnn2cc(C(=O)NCCC)c(C)c12. The van der Waals surface area contributed by atoms with E-state index in [1.54, 1.807) is 38.2 Å². The highest BCUT2D eigenvalue weighted by Crippen LogP contribution is 2.49. The van der Waals surface area contributed by atoms with E-state index in [9.17, 15) is 18.9 Å². The first-order valence-electron chi connectivity index (χ1n) is 16.2. The second-order valence-corrected chi connectivity index (χ2v) is 13.0. The molecule has 1 aromatic carbocycles. The molecule has 47 heavy (non-hydrogen) atoms. The van der Waals surface area contributed by atoms with Gasteiger partial charge < -0.3 is 15.4 Å². The van der Waals surface area contributed by atoms with Crippen LogP contribution in [0.4, 0.5) is 16.3 Å². The minimum absolute atomic E-state index is 0.0986. The van der Waals surface area contributed by atoms with E-state index in [0.717, 1.165) is 32.1 Å².